The van der Waals surface area contributed by atoms with Gasteiger partial charge < -0.3 is 14.4 Å². The van der Waals surface area contributed by atoms with Gasteiger partial charge in [-0.05, 0) is 35.9 Å². The van der Waals surface area contributed by atoms with Crippen LogP contribution in [0.1, 0.15) is 5.56 Å². The fourth-order valence-corrected chi connectivity index (χ4v) is 3.16. The van der Waals surface area contributed by atoms with E-state index in [0.717, 1.165) is 16.2 Å². The number of benzene rings is 2. The maximum absolute atomic E-state index is 11.9. The first-order chi connectivity index (χ1) is 12.6. The Balaban J connectivity index is 1.55. The molecule has 0 unspecified atom stereocenters. The topological polar surface area (TPSA) is 88.7 Å². The van der Waals surface area contributed by atoms with Gasteiger partial charge in [0.25, 0.3) is 5.91 Å². The predicted octanol–water partition coefficient (Wildman–Crippen LogP) is 2.53. The van der Waals surface area contributed by atoms with E-state index in [1.54, 1.807) is 12.1 Å². The number of hydrogen-bond acceptors (Lipinski definition) is 6. The summed E-state index contributed by atoms with van der Waals surface area (Å²) < 4.78 is 6.93. The molecule has 0 spiro atoms. The Hall–Kier alpha value is -3.00. The van der Waals surface area contributed by atoms with Gasteiger partial charge in [-0.25, -0.2) is 10.4 Å². The summed E-state index contributed by atoms with van der Waals surface area (Å²) in [6, 6.07) is 12.7. The van der Waals surface area contributed by atoms with E-state index < -0.39 is 0 Å². The molecule has 26 heavy (non-hydrogen) atoms. The van der Waals surface area contributed by atoms with Crippen LogP contribution < -0.4 is 10.2 Å². The summed E-state index contributed by atoms with van der Waals surface area (Å²) >= 11 is 1.34. The van der Waals surface area contributed by atoms with E-state index in [4.69, 9.17) is 4.74 Å². The minimum absolute atomic E-state index is 0.0141. The number of fused-ring (bicyclic) bond motifs is 1. The number of aryl methyl sites for hydroxylation is 1. The quantitative estimate of drug-likeness (QED) is 0.395. The van der Waals surface area contributed by atoms with E-state index in [-0.39, 0.29) is 17.4 Å². The molecule has 0 atom stereocenters. The third-order valence-electron chi connectivity index (χ3n) is 3.68. The van der Waals surface area contributed by atoms with Crippen LogP contribution in [0.4, 0.5) is 0 Å². The number of methoxy groups -OCH3 is 1. The molecule has 0 aliphatic heterocycles. The van der Waals surface area contributed by atoms with Crippen molar-refractivity contribution in [1.82, 2.24) is 15.0 Å². The highest BCUT2D eigenvalue weighted by Crippen LogP contribution is 2.25. The molecule has 3 aromatic rings. The lowest BCUT2D eigenvalue weighted by Crippen LogP contribution is -2.19. The van der Waals surface area contributed by atoms with Crippen molar-refractivity contribution in [1.29, 1.82) is 0 Å². The lowest BCUT2D eigenvalue weighted by molar-refractivity contribution is -0.118. The number of ether oxygens (including phenoxy) is 1. The number of phenolic OH excluding ortho intramolecular Hbond substituents is 1. The van der Waals surface area contributed by atoms with Crippen LogP contribution in [-0.2, 0) is 11.8 Å². The van der Waals surface area contributed by atoms with Crippen LogP contribution in [0.3, 0.4) is 0 Å². The third-order valence-corrected chi connectivity index (χ3v) is 4.71. The number of nitrogens with zero attached hydrogens (tertiary/aromatic N) is 3. The number of carbonyl (C=O) groups excluding carboxylic acids is 1. The van der Waals surface area contributed by atoms with E-state index in [2.05, 4.69) is 15.5 Å². The van der Waals surface area contributed by atoms with Crippen molar-refractivity contribution in [3.63, 3.8) is 0 Å². The molecule has 0 bridgehead atoms. The molecule has 0 saturated carbocycles. The largest absolute Gasteiger partial charge is 0.504 e. The van der Waals surface area contributed by atoms with Crippen LogP contribution in [0.2, 0.25) is 0 Å². The molecule has 7 nitrogen and oxygen atoms in total. The van der Waals surface area contributed by atoms with Gasteiger partial charge in [-0.1, -0.05) is 23.9 Å². The van der Waals surface area contributed by atoms with E-state index in [1.165, 1.54) is 31.2 Å². The molecule has 3 rings (SSSR count). The Kier molecular flexibility index (Phi) is 5.43. The van der Waals surface area contributed by atoms with Gasteiger partial charge in [0.15, 0.2) is 16.7 Å². The maximum Gasteiger partial charge on any atom is 0.250 e. The van der Waals surface area contributed by atoms with Crippen molar-refractivity contribution in [3.8, 4) is 11.5 Å². The van der Waals surface area contributed by atoms with Gasteiger partial charge in [-0.3, -0.25) is 4.79 Å². The van der Waals surface area contributed by atoms with Crippen molar-refractivity contribution in [2.45, 2.75) is 5.16 Å². The highest BCUT2D eigenvalue weighted by molar-refractivity contribution is 7.99. The van der Waals surface area contributed by atoms with E-state index in [1.807, 2.05) is 35.9 Å². The van der Waals surface area contributed by atoms with E-state index >= 15 is 0 Å². The first-order valence-electron chi connectivity index (χ1n) is 7.81. The molecule has 0 radical (unpaired) electrons. The molecule has 2 aromatic carbocycles. The zero-order chi connectivity index (χ0) is 18.5. The molecule has 1 amide bonds. The summed E-state index contributed by atoms with van der Waals surface area (Å²) in [5, 5.41) is 14.4. The summed E-state index contributed by atoms with van der Waals surface area (Å²) in [6.45, 7) is 0. The van der Waals surface area contributed by atoms with Crippen LogP contribution in [0, 0.1) is 0 Å². The van der Waals surface area contributed by atoms with Crippen molar-refractivity contribution in [2.24, 2.45) is 12.1 Å². The molecule has 0 fully saturated rings. The molecule has 0 aliphatic rings. The fourth-order valence-electron chi connectivity index (χ4n) is 2.38. The predicted molar refractivity (Wildman–Crippen MR) is 102 cm³/mol. The van der Waals surface area contributed by atoms with Crippen LogP contribution in [-0.4, -0.2) is 39.6 Å². The van der Waals surface area contributed by atoms with Gasteiger partial charge in [0.05, 0.1) is 30.1 Å². The maximum atomic E-state index is 11.9. The van der Waals surface area contributed by atoms with Gasteiger partial charge in [0.2, 0.25) is 0 Å². The number of aromatic nitrogens is 2. The second kappa shape index (κ2) is 7.92. The van der Waals surface area contributed by atoms with Gasteiger partial charge >= 0.3 is 0 Å². The van der Waals surface area contributed by atoms with Gasteiger partial charge in [-0.2, -0.15) is 5.10 Å². The number of hydrogen-bond donors (Lipinski definition) is 2. The lowest BCUT2D eigenvalue weighted by atomic mass is 10.2. The standard InChI is InChI=1S/C18H18N4O3S/c1-22-14-6-4-3-5-13(14)20-18(22)26-11-17(24)21-19-10-12-7-8-16(25-2)15(23)9-12/h3-10,23H,11H2,1-2H3,(H,21,24)/b19-10-. The SMILES string of the molecule is COc1ccc(/C=N\NC(=O)CSc2nc3ccccc3n2C)cc1O. The second-order valence-corrected chi connectivity index (χ2v) is 6.40. The number of hydrazone groups is 1. The molecule has 8 heteroatoms. The molecule has 0 saturated heterocycles. The number of phenols is 1. The van der Waals surface area contributed by atoms with E-state index in [9.17, 15) is 9.90 Å². The molecule has 1 aromatic heterocycles. The number of amides is 1. The van der Waals surface area contributed by atoms with Gasteiger partial charge in [0.1, 0.15) is 0 Å². The van der Waals surface area contributed by atoms with Crippen LogP contribution in [0.15, 0.2) is 52.7 Å². The number of carbonyl (C=O) groups is 1. The van der Waals surface area contributed by atoms with Crippen molar-refractivity contribution < 1.29 is 14.6 Å². The second-order valence-electron chi connectivity index (χ2n) is 5.46. The van der Waals surface area contributed by atoms with Gasteiger partial charge in [-0.15, -0.1) is 0 Å². The summed E-state index contributed by atoms with van der Waals surface area (Å²) in [5.74, 6) is 0.351. The molecular weight excluding hydrogens is 352 g/mol. The first kappa shape index (κ1) is 17.8. The molecular formula is C18H18N4O3S. The Labute approximate surface area is 154 Å². The summed E-state index contributed by atoms with van der Waals surface area (Å²) in [5.41, 5.74) is 5.03. The summed E-state index contributed by atoms with van der Waals surface area (Å²) in [7, 11) is 3.40. The van der Waals surface area contributed by atoms with Crippen LogP contribution in [0.5, 0.6) is 11.5 Å². The number of aromatic hydroxyl groups is 1. The average molecular weight is 370 g/mol. The minimum Gasteiger partial charge on any atom is -0.504 e. The van der Waals surface area contributed by atoms with Crippen molar-refractivity contribution >= 4 is 34.9 Å². The number of rotatable bonds is 6. The minimum atomic E-state index is -0.240. The number of para-hydroxylation sites is 2. The highest BCUT2D eigenvalue weighted by Gasteiger charge is 2.09. The Morgan fingerprint density at radius 3 is 2.92 bits per heavy atom. The van der Waals surface area contributed by atoms with Crippen LogP contribution >= 0.6 is 11.8 Å². The Morgan fingerprint density at radius 1 is 1.38 bits per heavy atom. The monoisotopic (exact) mass is 370 g/mol. The molecule has 0 aliphatic carbocycles. The summed E-state index contributed by atoms with van der Waals surface area (Å²) in [4.78, 5) is 16.5. The Bertz CT molecular complexity index is 968. The van der Waals surface area contributed by atoms with Gasteiger partial charge in [0, 0.05) is 7.05 Å². The number of thioether (sulfide) groups is 1. The first-order valence-corrected chi connectivity index (χ1v) is 8.80. The number of nitrogens with one attached hydrogen (secondary N) is 1. The zero-order valence-electron chi connectivity index (χ0n) is 14.3. The lowest BCUT2D eigenvalue weighted by Gasteiger charge is -2.03. The smallest absolute Gasteiger partial charge is 0.250 e. The third kappa shape index (κ3) is 3.97. The Morgan fingerprint density at radius 2 is 2.19 bits per heavy atom. The molecule has 1 heterocycles. The van der Waals surface area contributed by atoms with Crippen molar-refractivity contribution in [2.75, 3.05) is 12.9 Å². The molecule has 2 N–H and O–H groups in total. The molecule has 134 valence electrons. The fraction of sp³-hybridized carbons (Fsp3) is 0.167. The zero-order valence-corrected chi connectivity index (χ0v) is 15.2. The normalized spacial score (nSPS) is 11.2. The average Bonchev–Trinajstić information content (AvgIpc) is 2.96. The van der Waals surface area contributed by atoms with Crippen LogP contribution in [0.25, 0.3) is 11.0 Å². The highest BCUT2D eigenvalue weighted by atomic mass is 32.2. The number of imidazole rings is 1. The van der Waals surface area contributed by atoms with E-state index in [0.29, 0.717) is 11.3 Å². The van der Waals surface area contributed by atoms with Crippen molar-refractivity contribution in [3.05, 3.63) is 48.0 Å². The summed E-state index contributed by atoms with van der Waals surface area (Å²) in [6.07, 6.45) is 1.46.